The average molecular weight is 482 g/mol. The Morgan fingerprint density at radius 2 is 2.31 bits per heavy atom. The molecule has 2 heterocycles. The Morgan fingerprint density at radius 3 is 3.08 bits per heavy atom. The van der Waals surface area contributed by atoms with Crippen LogP contribution in [0, 0.1) is 5.92 Å². The highest BCUT2D eigenvalue weighted by Gasteiger charge is 2.43. The van der Waals surface area contributed by atoms with E-state index >= 15 is 0 Å². The first-order valence-electron chi connectivity index (χ1n) is 9.62. The number of benzene rings is 1. The molecule has 1 aromatic carbocycles. The molecule has 1 aliphatic carbocycles. The van der Waals surface area contributed by atoms with Crippen molar-refractivity contribution in [3.63, 3.8) is 0 Å². The van der Waals surface area contributed by atoms with Crippen LogP contribution in [0.25, 0.3) is 10.9 Å². The number of halogens is 1. The second-order valence-electron chi connectivity index (χ2n) is 7.91. The van der Waals surface area contributed by atoms with Crippen molar-refractivity contribution in [3.05, 3.63) is 35.5 Å². The van der Waals surface area contributed by atoms with Crippen molar-refractivity contribution in [1.29, 1.82) is 0 Å². The molecule has 141 valence electrons. The fourth-order valence-corrected chi connectivity index (χ4v) is 7.58. The maximum atomic E-state index is 11.3. The number of thioether (sulfide) groups is 1. The minimum Gasteiger partial charge on any atom is -0.783 e. The fraction of sp³-hybridized carbons (Fsp3) is 0.571. The van der Waals surface area contributed by atoms with Crippen LogP contribution in [0.2, 0.25) is 0 Å². The van der Waals surface area contributed by atoms with E-state index in [9.17, 15) is 4.79 Å². The van der Waals surface area contributed by atoms with Crippen LogP contribution < -0.4 is 22.6 Å². The number of alkyl halides is 1. The smallest absolute Gasteiger partial charge is 0.139 e. The lowest BCUT2D eigenvalue weighted by Crippen LogP contribution is -3.43. The largest absolute Gasteiger partial charge is 0.783 e. The van der Waals surface area contributed by atoms with Crippen LogP contribution >= 0.6 is 11.8 Å². The lowest BCUT2D eigenvalue weighted by Gasteiger charge is -2.60. The van der Waals surface area contributed by atoms with E-state index in [0.717, 1.165) is 12.2 Å². The first kappa shape index (κ1) is 18.8. The Balaban J connectivity index is 1.68. The molecule has 0 spiro atoms. The molecule has 26 heavy (non-hydrogen) atoms. The zero-order valence-corrected chi connectivity index (χ0v) is 18.5. The van der Waals surface area contributed by atoms with Crippen LogP contribution in [-0.4, -0.2) is 46.3 Å². The molecule has 2 aromatic rings. The molecule has 3 atom stereocenters. The first-order valence-corrected chi connectivity index (χ1v) is 11.9. The zero-order valence-electron chi connectivity index (χ0n) is 15.6. The molecule has 0 amide bonds. The van der Waals surface area contributed by atoms with E-state index in [1.54, 1.807) is 6.92 Å². The van der Waals surface area contributed by atoms with E-state index in [1.807, 2.05) is 11.8 Å². The fourth-order valence-electron chi connectivity index (χ4n) is 4.94. The normalized spacial score (nSPS) is 28.3. The highest BCUT2D eigenvalue weighted by atomic mass is 127. The quantitative estimate of drug-likeness (QED) is 0.491. The van der Waals surface area contributed by atoms with Crippen LogP contribution in [0.5, 0.6) is 0 Å². The molecule has 1 N–H and O–H groups in total. The molecule has 1 aliphatic heterocycles. The first-order chi connectivity index (χ1) is 12.5. The molecule has 1 saturated heterocycles. The number of nitrogens with one attached hydrogen (secondary N) is 1. The number of piperidine rings is 1. The van der Waals surface area contributed by atoms with E-state index in [-0.39, 0.29) is 9.20 Å². The summed E-state index contributed by atoms with van der Waals surface area (Å²) in [6, 6.07) is 7.34. The zero-order chi connectivity index (χ0) is 18.3. The summed E-state index contributed by atoms with van der Waals surface area (Å²) in [5.74, 6) is 2.68. The number of carbonyl (C=O) groups excluding carboxylic acids is 1. The molecule has 2 unspecified atom stereocenters. The van der Waals surface area contributed by atoms with Gasteiger partial charge < -0.3 is 32.5 Å². The maximum Gasteiger partial charge on any atom is 0.139 e. The molecule has 0 saturated carbocycles. The minimum absolute atomic E-state index is 0.168. The van der Waals surface area contributed by atoms with Gasteiger partial charge in [-0.25, -0.2) is 0 Å². The van der Waals surface area contributed by atoms with Gasteiger partial charge in [0.15, 0.2) is 0 Å². The number of rotatable bonds is 6. The molecule has 1 radical (unpaired) electrons. The van der Waals surface area contributed by atoms with E-state index in [4.69, 9.17) is 0 Å². The highest BCUT2D eigenvalue weighted by Crippen LogP contribution is 2.44. The van der Waals surface area contributed by atoms with Gasteiger partial charge in [0.2, 0.25) is 0 Å². The van der Waals surface area contributed by atoms with Crippen molar-refractivity contribution >= 4 is 28.4 Å². The number of aromatic amines is 1. The molecule has 0 bridgehead atoms. The molecule has 5 heteroatoms. The molecule has 2 aliphatic rings. The van der Waals surface area contributed by atoms with Gasteiger partial charge in [-0.05, 0) is 49.6 Å². The molecule has 4 rings (SSSR count). The van der Waals surface area contributed by atoms with Gasteiger partial charge in [0.25, 0.3) is 0 Å². The molecular formula is C21H27IN2OS-. The Kier molecular flexibility index (Phi) is 5.41. The Labute approximate surface area is 173 Å². The number of likely N-dealkylation sites (tertiary alicyclic amines) is 1. The number of fused-ring (bicyclic) bond motifs is 2. The summed E-state index contributed by atoms with van der Waals surface area (Å²) in [6.07, 6.45) is 5.78. The summed E-state index contributed by atoms with van der Waals surface area (Å²) >= 11 is 4.60. The predicted molar refractivity (Wildman–Crippen MR) is 105 cm³/mol. The number of H-pyrrole nitrogens is 1. The molecule has 3 nitrogen and oxygen atoms in total. The molecule has 1 fully saturated rings. The third-order valence-corrected chi connectivity index (χ3v) is 8.92. The number of hydrogen-bond donors (Lipinski definition) is 1. The molecule has 1 aromatic heterocycles. The van der Waals surface area contributed by atoms with E-state index in [0.29, 0.717) is 17.7 Å². The standard InChI is InChI=1S/C21H27IN2OS/c1-3-7-24-11-15(13-26-12-14(2)25)9-21(22)17-5-4-6-18-20(17)16(10-23-18)8-19(21)24/h4-6,10,15,19,23H,3,7-9,11-13H2,1-2H3/q-1/t15?,19-,21?/m1/s1. The van der Waals surface area contributed by atoms with Gasteiger partial charge >= 0.3 is 0 Å². The highest BCUT2D eigenvalue weighted by molar-refractivity contribution is 7.99. The van der Waals surface area contributed by atoms with Gasteiger partial charge in [0, 0.05) is 29.7 Å². The van der Waals surface area contributed by atoms with Crippen LogP contribution in [0.3, 0.4) is 0 Å². The lowest BCUT2D eigenvalue weighted by atomic mass is 9.72. The number of ketones is 1. The van der Waals surface area contributed by atoms with Crippen molar-refractivity contribution in [2.75, 3.05) is 24.6 Å². The van der Waals surface area contributed by atoms with Crippen LogP contribution in [-0.2, 0) is 14.6 Å². The third-order valence-electron chi connectivity index (χ3n) is 5.87. The van der Waals surface area contributed by atoms with Crippen LogP contribution in [0.15, 0.2) is 24.4 Å². The number of carbonyl (C=O) groups is 1. The second-order valence-corrected chi connectivity index (χ2v) is 10.9. The minimum atomic E-state index is 0.168. The summed E-state index contributed by atoms with van der Waals surface area (Å²) in [7, 11) is 0. The Morgan fingerprint density at radius 1 is 1.46 bits per heavy atom. The van der Waals surface area contributed by atoms with Gasteiger partial charge in [-0.15, -0.1) is 3.42 Å². The van der Waals surface area contributed by atoms with Crippen LogP contribution in [0.1, 0.15) is 37.8 Å². The number of aromatic nitrogens is 1. The van der Waals surface area contributed by atoms with E-state index < -0.39 is 0 Å². The maximum absolute atomic E-state index is 11.3. The van der Waals surface area contributed by atoms with Crippen molar-refractivity contribution in [2.24, 2.45) is 5.92 Å². The monoisotopic (exact) mass is 482 g/mol. The van der Waals surface area contributed by atoms with E-state index in [1.165, 1.54) is 48.0 Å². The van der Waals surface area contributed by atoms with Gasteiger partial charge in [0.05, 0.1) is 5.75 Å². The SMILES string of the molecule is CCCN1CC(CSCC(C)=O)CC2([I-])c3cccc4[nH]cc(c34)C[C@@H]12. The van der Waals surface area contributed by atoms with Crippen LogP contribution in [0.4, 0.5) is 0 Å². The van der Waals surface area contributed by atoms with Gasteiger partial charge in [-0.1, -0.05) is 31.0 Å². The lowest BCUT2D eigenvalue weighted by molar-refractivity contribution is -0.510. The van der Waals surface area contributed by atoms with Crippen molar-refractivity contribution < 1.29 is 27.4 Å². The Hall–Kier alpha value is -0.530. The molecular weight excluding hydrogens is 455 g/mol. The number of hydrogen-bond acceptors (Lipinski definition) is 3. The van der Waals surface area contributed by atoms with E-state index in [2.05, 4.69) is 63.8 Å². The average Bonchev–Trinajstić information content (AvgIpc) is 3.01. The summed E-state index contributed by atoms with van der Waals surface area (Å²) in [4.78, 5) is 17.6. The summed E-state index contributed by atoms with van der Waals surface area (Å²) in [6.45, 7) is 6.32. The summed E-state index contributed by atoms with van der Waals surface area (Å²) < 4.78 is 0.168. The van der Waals surface area contributed by atoms with Crippen molar-refractivity contribution in [3.8, 4) is 0 Å². The van der Waals surface area contributed by atoms with Crippen molar-refractivity contribution in [1.82, 2.24) is 9.88 Å². The Bertz CT molecular complexity index is 819. The summed E-state index contributed by atoms with van der Waals surface area (Å²) in [5, 5.41) is 1.46. The van der Waals surface area contributed by atoms with Gasteiger partial charge in [0.1, 0.15) is 5.78 Å². The van der Waals surface area contributed by atoms with Gasteiger partial charge in [-0.3, -0.25) is 4.79 Å². The van der Waals surface area contributed by atoms with Gasteiger partial charge in [-0.2, -0.15) is 11.8 Å². The second kappa shape index (κ2) is 7.47. The number of nitrogens with zero attached hydrogens (tertiary/aromatic N) is 1. The topological polar surface area (TPSA) is 36.1 Å². The number of Topliss-reactive ketones (excluding diaryl/α,β-unsaturated/α-hetero) is 1. The predicted octanol–water partition coefficient (Wildman–Crippen LogP) is 0.895. The van der Waals surface area contributed by atoms with Crippen molar-refractivity contribution in [2.45, 2.75) is 42.6 Å². The third kappa shape index (κ3) is 3.24. The summed E-state index contributed by atoms with van der Waals surface area (Å²) in [5.41, 5.74) is 4.28.